The van der Waals surface area contributed by atoms with E-state index in [0.717, 1.165) is 36.8 Å². The molecule has 10 heteroatoms. The summed E-state index contributed by atoms with van der Waals surface area (Å²) in [6.07, 6.45) is 4.91. The Morgan fingerprint density at radius 3 is 2.29 bits per heavy atom. The van der Waals surface area contributed by atoms with Crippen LogP contribution in [0, 0.1) is 5.92 Å². The highest BCUT2D eigenvalue weighted by atomic mass is 16.4. The molecule has 1 aromatic carbocycles. The van der Waals surface area contributed by atoms with E-state index < -0.39 is 17.5 Å². The van der Waals surface area contributed by atoms with Gasteiger partial charge in [0.15, 0.2) is 0 Å². The lowest BCUT2D eigenvalue weighted by Gasteiger charge is -2.50. The first-order valence-electron chi connectivity index (χ1n) is 9.71. The number of carboxylic acids is 2. The smallest absolute Gasteiger partial charge is 0.328 e. The molecule has 3 aliphatic heterocycles. The SMILES string of the molecule is O.O=C(NCC1(O)CN2CCC1CC2)c1c[nH]c2ccccc12.O=C(O)C=CC(=O)O. The summed E-state index contributed by atoms with van der Waals surface area (Å²) in [6.45, 7) is 3.14. The number of amides is 1. The van der Waals surface area contributed by atoms with Crippen molar-refractivity contribution >= 4 is 28.7 Å². The minimum absolute atomic E-state index is 0. The highest BCUT2D eigenvalue weighted by molar-refractivity contribution is 6.06. The summed E-state index contributed by atoms with van der Waals surface area (Å²) >= 11 is 0. The van der Waals surface area contributed by atoms with Crippen LogP contribution in [0.3, 0.4) is 0 Å². The molecule has 2 bridgehead atoms. The molecule has 1 unspecified atom stereocenters. The lowest BCUT2D eigenvalue weighted by atomic mass is 9.75. The second-order valence-electron chi connectivity index (χ2n) is 7.59. The summed E-state index contributed by atoms with van der Waals surface area (Å²) in [4.78, 5) is 37.0. The summed E-state index contributed by atoms with van der Waals surface area (Å²) in [5.74, 6) is -2.33. The van der Waals surface area contributed by atoms with Gasteiger partial charge in [0.2, 0.25) is 0 Å². The van der Waals surface area contributed by atoms with Crippen LogP contribution in [0.1, 0.15) is 23.2 Å². The van der Waals surface area contributed by atoms with Gasteiger partial charge in [0, 0.05) is 42.3 Å². The molecule has 0 spiro atoms. The van der Waals surface area contributed by atoms with Crippen LogP contribution in [0.4, 0.5) is 0 Å². The minimum Gasteiger partial charge on any atom is -0.478 e. The number of piperidine rings is 3. The molecule has 0 radical (unpaired) electrons. The average Bonchev–Trinajstić information content (AvgIpc) is 3.16. The Hall–Kier alpha value is -3.21. The molecule has 3 fully saturated rings. The molecule has 31 heavy (non-hydrogen) atoms. The number of aliphatic carboxylic acids is 2. The third kappa shape index (κ3) is 5.91. The lowest BCUT2D eigenvalue weighted by Crippen LogP contribution is -2.63. The van der Waals surface area contributed by atoms with Gasteiger partial charge in [0.1, 0.15) is 0 Å². The van der Waals surface area contributed by atoms with Crippen molar-refractivity contribution in [2.75, 3.05) is 26.2 Å². The fraction of sp³-hybridized carbons (Fsp3) is 0.381. The molecule has 1 atom stereocenters. The zero-order chi connectivity index (χ0) is 21.7. The molecule has 0 saturated carbocycles. The van der Waals surface area contributed by atoms with Crippen molar-refractivity contribution in [3.63, 3.8) is 0 Å². The topological polar surface area (TPSA) is 174 Å². The van der Waals surface area contributed by atoms with Crippen molar-refractivity contribution in [3.8, 4) is 0 Å². The monoisotopic (exact) mass is 433 g/mol. The van der Waals surface area contributed by atoms with Crippen LogP contribution < -0.4 is 5.32 Å². The molecule has 2 aromatic rings. The number of benzene rings is 1. The number of hydrogen-bond donors (Lipinski definition) is 5. The van der Waals surface area contributed by atoms with Gasteiger partial charge in [-0.25, -0.2) is 9.59 Å². The second kappa shape index (κ2) is 10.2. The van der Waals surface area contributed by atoms with E-state index in [4.69, 9.17) is 10.2 Å². The van der Waals surface area contributed by atoms with E-state index in [2.05, 4.69) is 15.2 Å². The number of carbonyl (C=O) groups excluding carboxylic acids is 1. The fourth-order valence-electron chi connectivity index (χ4n) is 4.08. The van der Waals surface area contributed by atoms with Gasteiger partial charge in [-0.2, -0.15) is 0 Å². The maximum Gasteiger partial charge on any atom is 0.328 e. The molecule has 0 aliphatic carbocycles. The summed E-state index contributed by atoms with van der Waals surface area (Å²) in [7, 11) is 0. The Morgan fingerprint density at radius 1 is 1.13 bits per heavy atom. The van der Waals surface area contributed by atoms with Crippen LogP contribution in [-0.2, 0) is 9.59 Å². The van der Waals surface area contributed by atoms with Gasteiger partial charge >= 0.3 is 11.9 Å². The zero-order valence-electron chi connectivity index (χ0n) is 16.9. The zero-order valence-corrected chi connectivity index (χ0v) is 16.9. The maximum absolute atomic E-state index is 12.5. The minimum atomic E-state index is -1.26. The number of carbonyl (C=O) groups is 3. The summed E-state index contributed by atoms with van der Waals surface area (Å²) < 4.78 is 0. The molecule has 3 saturated heterocycles. The molecule has 168 valence electrons. The number of nitrogens with one attached hydrogen (secondary N) is 2. The second-order valence-corrected chi connectivity index (χ2v) is 7.59. The Bertz CT molecular complexity index is 947. The van der Waals surface area contributed by atoms with Crippen LogP contribution in [0.2, 0.25) is 0 Å². The summed E-state index contributed by atoms with van der Waals surface area (Å²) in [5, 5.41) is 30.3. The van der Waals surface area contributed by atoms with Crippen molar-refractivity contribution in [2.45, 2.75) is 18.4 Å². The predicted molar refractivity (Wildman–Crippen MR) is 113 cm³/mol. The van der Waals surface area contributed by atoms with Crippen LogP contribution in [-0.4, -0.2) is 80.3 Å². The van der Waals surface area contributed by atoms with E-state index in [1.54, 1.807) is 6.20 Å². The number of para-hydroxylation sites is 1. The molecule has 1 aromatic heterocycles. The van der Waals surface area contributed by atoms with Crippen molar-refractivity contribution in [2.24, 2.45) is 5.92 Å². The van der Waals surface area contributed by atoms with Gasteiger partial charge < -0.3 is 36.0 Å². The third-order valence-corrected chi connectivity index (χ3v) is 5.60. The van der Waals surface area contributed by atoms with Crippen molar-refractivity contribution in [3.05, 3.63) is 48.2 Å². The van der Waals surface area contributed by atoms with Crippen LogP contribution in [0.25, 0.3) is 10.9 Å². The molecule has 1 amide bonds. The standard InChI is InChI=1S/C17H21N3O2.C4H4O4.H2O/c21-16(14-9-18-15-4-2-1-3-13(14)15)19-10-17(22)11-20-7-5-12(17)6-8-20;5-3(6)1-2-4(7)8;/h1-4,9,12,18,22H,5-8,10-11H2,(H,19,21);1-2H,(H,5,6)(H,7,8);1H2. The largest absolute Gasteiger partial charge is 0.478 e. The predicted octanol–water partition coefficient (Wildman–Crippen LogP) is 0.242. The first-order chi connectivity index (χ1) is 14.3. The number of aliphatic hydroxyl groups is 1. The highest BCUT2D eigenvalue weighted by Gasteiger charge is 2.45. The van der Waals surface area contributed by atoms with Gasteiger partial charge in [-0.15, -0.1) is 0 Å². The third-order valence-electron chi connectivity index (χ3n) is 5.60. The Kier molecular flexibility index (Phi) is 7.92. The highest BCUT2D eigenvalue weighted by Crippen LogP contribution is 2.35. The molecular formula is C21H27N3O7. The first-order valence-corrected chi connectivity index (χ1v) is 9.71. The van der Waals surface area contributed by atoms with E-state index in [1.807, 2.05) is 24.3 Å². The first kappa shape index (κ1) is 24.1. The normalized spacial score (nSPS) is 24.2. The van der Waals surface area contributed by atoms with Crippen LogP contribution in [0.5, 0.6) is 0 Å². The molecule has 7 N–H and O–H groups in total. The van der Waals surface area contributed by atoms with E-state index in [0.29, 0.717) is 36.7 Å². The molecule has 5 rings (SSSR count). The Balaban J connectivity index is 0.000000329. The van der Waals surface area contributed by atoms with Crippen molar-refractivity contribution < 1.29 is 35.2 Å². The number of hydrogen-bond acceptors (Lipinski definition) is 5. The Morgan fingerprint density at radius 2 is 1.74 bits per heavy atom. The maximum atomic E-state index is 12.5. The summed E-state index contributed by atoms with van der Waals surface area (Å²) in [5.41, 5.74) is 0.813. The van der Waals surface area contributed by atoms with Gasteiger partial charge in [0.05, 0.1) is 11.2 Å². The van der Waals surface area contributed by atoms with Crippen LogP contribution >= 0.6 is 0 Å². The molecule has 10 nitrogen and oxygen atoms in total. The number of aromatic amines is 1. The molecule has 4 heterocycles. The van der Waals surface area contributed by atoms with Gasteiger partial charge in [-0.1, -0.05) is 18.2 Å². The van der Waals surface area contributed by atoms with Gasteiger partial charge in [-0.3, -0.25) is 4.79 Å². The van der Waals surface area contributed by atoms with E-state index in [9.17, 15) is 19.5 Å². The number of carboxylic acid groups (broad SMARTS) is 2. The van der Waals surface area contributed by atoms with Crippen molar-refractivity contribution in [1.29, 1.82) is 0 Å². The number of H-pyrrole nitrogens is 1. The number of aromatic nitrogens is 1. The number of rotatable bonds is 5. The number of nitrogens with zero attached hydrogens (tertiary/aromatic N) is 1. The molecular weight excluding hydrogens is 406 g/mol. The quantitative estimate of drug-likeness (QED) is 0.420. The van der Waals surface area contributed by atoms with Crippen molar-refractivity contribution in [1.82, 2.24) is 15.2 Å². The summed E-state index contributed by atoms with van der Waals surface area (Å²) in [6, 6.07) is 7.75. The molecule has 3 aliphatic rings. The van der Waals surface area contributed by atoms with Gasteiger partial charge in [0.25, 0.3) is 5.91 Å². The lowest BCUT2D eigenvalue weighted by molar-refractivity contribution is -0.134. The van der Waals surface area contributed by atoms with E-state index in [-0.39, 0.29) is 11.4 Å². The average molecular weight is 433 g/mol. The number of fused-ring (bicyclic) bond motifs is 4. The fourth-order valence-corrected chi connectivity index (χ4v) is 4.08. The van der Waals surface area contributed by atoms with E-state index >= 15 is 0 Å². The van der Waals surface area contributed by atoms with Crippen LogP contribution in [0.15, 0.2) is 42.6 Å². The van der Waals surface area contributed by atoms with Gasteiger partial charge in [-0.05, 0) is 37.9 Å². The van der Waals surface area contributed by atoms with E-state index in [1.165, 1.54) is 0 Å². The Labute approximate surface area is 178 Å².